The highest BCUT2D eigenvalue weighted by Gasteiger charge is 2.44. The number of hydrogen-bond acceptors (Lipinski definition) is 6. The maximum Gasteiger partial charge on any atom is 0.336 e. The molecule has 6 heteroatoms. The predicted molar refractivity (Wildman–Crippen MR) is 107 cm³/mol. The minimum Gasteiger partial charge on any atom is -0.463 e. The Kier molecular flexibility index (Phi) is 6.30. The number of Topliss-reactive ketones (excluding diaryl/α,β-unsaturated/α-hetero) is 1. The number of nitrogens with zero attached hydrogens (tertiary/aromatic N) is 1. The zero-order chi connectivity index (χ0) is 20.5. The Morgan fingerprint density at radius 2 is 1.96 bits per heavy atom. The third-order valence-electron chi connectivity index (χ3n) is 5.82. The highest BCUT2D eigenvalue weighted by Crippen LogP contribution is 2.45. The fourth-order valence-electron chi connectivity index (χ4n) is 4.62. The summed E-state index contributed by atoms with van der Waals surface area (Å²) in [5, 5.41) is 3.52. The predicted octanol–water partition coefficient (Wildman–Crippen LogP) is 2.65. The van der Waals surface area contributed by atoms with Crippen LogP contribution in [0.15, 0.2) is 22.5 Å². The van der Waals surface area contributed by atoms with Crippen molar-refractivity contribution in [1.29, 1.82) is 0 Å². The Balaban J connectivity index is 2.03. The summed E-state index contributed by atoms with van der Waals surface area (Å²) >= 11 is 0. The summed E-state index contributed by atoms with van der Waals surface area (Å²) in [5.74, 6) is -0.225. The summed E-state index contributed by atoms with van der Waals surface area (Å²) in [4.78, 5) is 28.4. The van der Waals surface area contributed by atoms with Gasteiger partial charge in [-0.1, -0.05) is 27.7 Å². The quantitative estimate of drug-likeness (QED) is 0.728. The standard InChI is InChI=1S/C22H34N2O4/c1-6-28-21(26)20-16(13-24-7-9-27-10-8-24)23-15-11-22(4,5)12-17(25)19(15)18(20)14(2)3/h14,18,23H,6-13H2,1-5H3. The van der Waals surface area contributed by atoms with E-state index in [0.717, 1.165) is 36.5 Å². The third-order valence-corrected chi connectivity index (χ3v) is 5.82. The molecule has 2 aliphatic heterocycles. The van der Waals surface area contributed by atoms with E-state index in [0.29, 0.717) is 38.4 Å². The Bertz CT molecular complexity index is 699. The van der Waals surface area contributed by atoms with Crippen LogP contribution in [0.3, 0.4) is 0 Å². The van der Waals surface area contributed by atoms with Gasteiger partial charge in [-0.15, -0.1) is 0 Å². The number of ketones is 1. The van der Waals surface area contributed by atoms with Gasteiger partial charge < -0.3 is 14.8 Å². The van der Waals surface area contributed by atoms with Gasteiger partial charge in [-0.25, -0.2) is 4.79 Å². The molecule has 0 radical (unpaired) electrons. The second kappa shape index (κ2) is 8.37. The van der Waals surface area contributed by atoms with Crippen LogP contribution in [0.4, 0.5) is 0 Å². The number of esters is 1. The number of morpholine rings is 1. The number of hydrogen-bond donors (Lipinski definition) is 1. The molecule has 1 N–H and O–H groups in total. The Labute approximate surface area is 168 Å². The Morgan fingerprint density at radius 3 is 2.57 bits per heavy atom. The lowest BCUT2D eigenvalue weighted by Gasteiger charge is -2.42. The van der Waals surface area contributed by atoms with E-state index >= 15 is 0 Å². The number of carbonyl (C=O) groups is 2. The number of ether oxygens (including phenoxy) is 2. The molecule has 1 atom stereocenters. The average molecular weight is 391 g/mol. The minimum atomic E-state index is -0.304. The van der Waals surface area contributed by atoms with Crippen molar-refractivity contribution in [3.05, 3.63) is 22.5 Å². The van der Waals surface area contributed by atoms with Gasteiger partial charge in [0.25, 0.3) is 0 Å². The van der Waals surface area contributed by atoms with Gasteiger partial charge in [-0.3, -0.25) is 9.69 Å². The first-order valence-electron chi connectivity index (χ1n) is 10.5. The number of rotatable bonds is 5. The van der Waals surface area contributed by atoms with E-state index < -0.39 is 0 Å². The molecular formula is C22H34N2O4. The first-order valence-corrected chi connectivity index (χ1v) is 10.5. The molecule has 1 aliphatic carbocycles. The number of dihydropyridines is 1. The molecule has 3 rings (SSSR count). The summed E-state index contributed by atoms with van der Waals surface area (Å²) in [6.07, 6.45) is 1.34. The largest absolute Gasteiger partial charge is 0.463 e. The molecule has 28 heavy (non-hydrogen) atoms. The molecule has 1 saturated heterocycles. The van der Waals surface area contributed by atoms with Crippen LogP contribution >= 0.6 is 0 Å². The van der Waals surface area contributed by atoms with Gasteiger partial charge in [-0.2, -0.15) is 0 Å². The molecule has 0 saturated carbocycles. The molecule has 0 aromatic rings. The van der Waals surface area contributed by atoms with Gasteiger partial charge in [0.2, 0.25) is 0 Å². The van der Waals surface area contributed by atoms with E-state index in [-0.39, 0.29) is 29.0 Å². The molecule has 0 aromatic carbocycles. The lowest BCUT2D eigenvalue weighted by Crippen LogP contribution is -2.45. The molecule has 6 nitrogen and oxygen atoms in total. The van der Waals surface area contributed by atoms with Crippen molar-refractivity contribution >= 4 is 11.8 Å². The van der Waals surface area contributed by atoms with Gasteiger partial charge >= 0.3 is 5.97 Å². The van der Waals surface area contributed by atoms with Crippen LogP contribution in [-0.4, -0.2) is 56.1 Å². The van der Waals surface area contributed by atoms with Crippen molar-refractivity contribution in [3.63, 3.8) is 0 Å². The molecule has 1 unspecified atom stereocenters. The van der Waals surface area contributed by atoms with Gasteiger partial charge in [-0.05, 0) is 24.7 Å². The number of nitrogens with one attached hydrogen (secondary N) is 1. The summed E-state index contributed by atoms with van der Waals surface area (Å²) in [7, 11) is 0. The van der Waals surface area contributed by atoms with Crippen LogP contribution in [0.25, 0.3) is 0 Å². The SMILES string of the molecule is CCOC(=O)C1=C(CN2CCOCC2)NC2=C(C(=O)CC(C)(C)C2)C1C(C)C. The molecule has 156 valence electrons. The normalized spacial score (nSPS) is 25.6. The van der Waals surface area contributed by atoms with Crippen LogP contribution in [0, 0.1) is 17.3 Å². The van der Waals surface area contributed by atoms with Crippen LogP contribution in [-0.2, 0) is 19.1 Å². The van der Waals surface area contributed by atoms with Crippen LogP contribution < -0.4 is 5.32 Å². The van der Waals surface area contributed by atoms with Crippen molar-refractivity contribution in [3.8, 4) is 0 Å². The second-order valence-corrected chi connectivity index (χ2v) is 9.18. The average Bonchev–Trinajstić information content (AvgIpc) is 2.60. The monoisotopic (exact) mass is 390 g/mol. The summed E-state index contributed by atoms with van der Waals surface area (Å²) in [6.45, 7) is 14.3. The van der Waals surface area contributed by atoms with Crippen molar-refractivity contribution in [1.82, 2.24) is 10.2 Å². The van der Waals surface area contributed by atoms with Gasteiger partial charge in [0.05, 0.1) is 25.4 Å². The van der Waals surface area contributed by atoms with Gasteiger partial charge in [0, 0.05) is 48.9 Å². The molecule has 0 amide bonds. The molecule has 0 bridgehead atoms. The van der Waals surface area contributed by atoms with Crippen molar-refractivity contribution in [2.75, 3.05) is 39.5 Å². The van der Waals surface area contributed by atoms with E-state index in [4.69, 9.17) is 9.47 Å². The lowest BCUT2D eigenvalue weighted by molar-refractivity contribution is -0.139. The molecule has 0 spiro atoms. The number of carbonyl (C=O) groups excluding carboxylic acids is 2. The lowest BCUT2D eigenvalue weighted by atomic mass is 9.67. The van der Waals surface area contributed by atoms with E-state index in [1.54, 1.807) is 0 Å². The Hall–Kier alpha value is -1.66. The molecule has 1 fully saturated rings. The zero-order valence-electron chi connectivity index (χ0n) is 17.9. The first-order chi connectivity index (χ1) is 13.2. The minimum absolute atomic E-state index is 0.0735. The highest BCUT2D eigenvalue weighted by molar-refractivity contribution is 6.02. The van der Waals surface area contributed by atoms with E-state index in [1.807, 2.05) is 6.92 Å². The van der Waals surface area contributed by atoms with Crippen LogP contribution in [0.5, 0.6) is 0 Å². The second-order valence-electron chi connectivity index (χ2n) is 9.18. The maximum absolute atomic E-state index is 13.1. The third kappa shape index (κ3) is 4.33. The van der Waals surface area contributed by atoms with Crippen molar-refractivity contribution in [2.45, 2.75) is 47.5 Å². The van der Waals surface area contributed by atoms with Crippen LogP contribution in [0.1, 0.15) is 47.5 Å². The van der Waals surface area contributed by atoms with E-state index in [9.17, 15) is 9.59 Å². The Morgan fingerprint density at radius 1 is 1.29 bits per heavy atom. The fourth-order valence-corrected chi connectivity index (χ4v) is 4.62. The summed E-state index contributed by atoms with van der Waals surface area (Å²) in [5.41, 5.74) is 3.24. The van der Waals surface area contributed by atoms with Crippen molar-refractivity contribution < 1.29 is 19.1 Å². The highest BCUT2D eigenvalue weighted by atomic mass is 16.5. The fraction of sp³-hybridized carbons (Fsp3) is 0.727. The maximum atomic E-state index is 13.1. The van der Waals surface area contributed by atoms with Gasteiger partial charge in [0.15, 0.2) is 5.78 Å². The number of allylic oxidation sites excluding steroid dienone is 2. The molecule has 2 heterocycles. The van der Waals surface area contributed by atoms with E-state index in [2.05, 4.69) is 37.9 Å². The first kappa shape index (κ1) is 21.1. The summed E-state index contributed by atoms with van der Waals surface area (Å²) in [6, 6.07) is 0. The van der Waals surface area contributed by atoms with E-state index in [1.165, 1.54) is 0 Å². The summed E-state index contributed by atoms with van der Waals surface area (Å²) < 4.78 is 10.9. The molecule has 0 aromatic heterocycles. The van der Waals surface area contributed by atoms with Crippen molar-refractivity contribution in [2.24, 2.45) is 17.3 Å². The smallest absolute Gasteiger partial charge is 0.336 e. The molecule has 3 aliphatic rings. The zero-order valence-corrected chi connectivity index (χ0v) is 17.9. The molecular weight excluding hydrogens is 356 g/mol. The van der Waals surface area contributed by atoms with Crippen LogP contribution in [0.2, 0.25) is 0 Å². The topological polar surface area (TPSA) is 67.9 Å². The van der Waals surface area contributed by atoms with Gasteiger partial charge in [0.1, 0.15) is 0 Å².